The third-order valence-corrected chi connectivity index (χ3v) is 3.52. The number of H-pyrrole nitrogens is 1. The van der Waals surface area contributed by atoms with Crippen LogP contribution in [0.4, 0.5) is 4.39 Å². The summed E-state index contributed by atoms with van der Waals surface area (Å²) in [6, 6.07) is 10.2. The van der Waals surface area contributed by atoms with Crippen LogP contribution in [0.3, 0.4) is 0 Å². The van der Waals surface area contributed by atoms with E-state index in [-0.39, 0.29) is 29.8 Å². The Balaban J connectivity index is 0.00000243. The molecule has 0 aliphatic rings. The molecule has 26 heavy (non-hydrogen) atoms. The monoisotopic (exact) mass is 470 g/mol. The Morgan fingerprint density at radius 1 is 1.27 bits per heavy atom. The van der Waals surface area contributed by atoms with Crippen LogP contribution in [0.1, 0.15) is 11.4 Å². The summed E-state index contributed by atoms with van der Waals surface area (Å²) < 4.78 is 18.4. The molecule has 0 aliphatic heterocycles. The number of guanidine groups is 1. The summed E-state index contributed by atoms with van der Waals surface area (Å²) in [6.45, 7) is 1.07. The molecule has 138 valence electrons. The molecule has 0 aliphatic carbocycles. The first kappa shape index (κ1) is 19.9. The van der Waals surface area contributed by atoms with E-state index in [1.165, 1.54) is 12.1 Å². The number of aliphatic imine (C=N–C) groups is 1. The third kappa shape index (κ3) is 5.55. The van der Waals surface area contributed by atoms with Gasteiger partial charge in [-0.15, -0.1) is 29.1 Å². The molecule has 7 nitrogen and oxygen atoms in total. The summed E-state index contributed by atoms with van der Waals surface area (Å²) in [6.07, 6.45) is 2.28. The smallest absolute Gasteiger partial charge is 0.216 e. The summed E-state index contributed by atoms with van der Waals surface area (Å²) in [5.41, 5.74) is 0.932. The number of aromatic nitrogens is 3. The summed E-state index contributed by atoms with van der Waals surface area (Å²) in [4.78, 5) is 8.50. The van der Waals surface area contributed by atoms with Gasteiger partial charge in [-0.1, -0.05) is 12.1 Å². The number of hydrogen-bond donors (Lipinski definition) is 3. The standard InChI is InChI=1S/C17H19FN6O.HI/c1-19-17(20-8-7-12-4-2-5-13(18)10-12)21-11-15-22-16(24-23-15)14-6-3-9-25-14;/h2-6,9-10H,7-8,11H2,1H3,(H2,19,20,21)(H,22,23,24);1H. The van der Waals surface area contributed by atoms with Crippen LogP contribution in [-0.2, 0) is 13.0 Å². The van der Waals surface area contributed by atoms with Crippen LogP contribution < -0.4 is 10.6 Å². The summed E-state index contributed by atoms with van der Waals surface area (Å²) in [5, 5.41) is 13.3. The number of furan rings is 1. The van der Waals surface area contributed by atoms with E-state index in [9.17, 15) is 4.39 Å². The maximum atomic E-state index is 13.2. The Morgan fingerprint density at radius 3 is 2.88 bits per heavy atom. The van der Waals surface area contributed by atoms with Crippen molar-refractivity contribution in [2.24, 2.45) is 4.99 Å². The molecular formula is C17H20FIN6O. The quantitative estimate of drug-likeness (QED) is 0.293. The number of aromatic amines is 1. The highest BCUT2D eigenvalue weighted by molar-refractivity contribution is 14.0. The van der Waals surface area contributed by atoms with E-state index in [1.54, 1.807) is 31.5 Å². The Morgan fingerprint density at radius 2 is 2.15 bits per heavy atom. The lowest BCUT2D eigenvalue weighted by atomic mass is 10.1. The van der Waals surface area contributed by atoms with Gasteiger partial charge in [-0.25, -0.2) is 9.37 Å². The number of hydrogen-bond acceptors (Lipinski definition) is 4. The number of nitrogens with one attached hydrogen (secondary N) is 3. The predicted molar refractivity (Wildman–Crippen MR) is 108 cm³/mol. The fourth-order valence-corrected chi connectivity index (χ4v) is 2.30. The highest BCUT2D eigenvalue weighted by Crippen LogP contribution is 2.14. The molecule has 0 radical (unpaired) electrons. The van der Waals surface area contributed by atoms with Crippen molar-refractivity contribution >= 4 is 29.9 Å². The zero-order valence-electron chi connectivity index (χ0n) is 14.2. The molecule has 0 saturated heterocycles. The topological polar surface area (TPSA) is 91.1 Å². The molecule has 3 N–H and O–H groups in total. The molecular weight excluding hydrogens is 450 g/mol. The van der Waals surface area contributed by atoms with E-state index < -0.39 is 0 Å². The zero-order valence-corrected chi connectivity index (χ0v) is 16.5. The Labute approximate surface area is 167 Å². The normalized spacial score (nSPS) is 11.1. The van der Waals surface area contributed by atoms with Crippen LogP contribution in [0.15, 0.2) is 52.1 Å². The van der Waals surface area contributed by atoms with Crippen LogP contribution in [0.5, 0.6) is 0 Å². The zero-order chi connectivity index (χ0) is 17.5. The van der Waals surface area contributed by atoms with Crippen molar-refractivity contribution in [1.82, 2.24) is 25.8 Å². The van der Waals surface area contributed by atoms with Crippen molar-refractivity contribution in [2.75, 3.05) is 13.6 Å². The molecule has 3 rings (SSSR count). The second-order valence-electron chi connectivity index (χ2n) is 5.32. The van der Waals surface area contributed by atoms with Crippen molar-refractivity contribution in [3.63, 3.8) is 0 Å². The second-order valence-corrected chi connectivity index (χ2v) is 5.32. The molecule has 0 amide bonds. The van der Waals surface area contributed by atoms with Gasteiger partial charge in [0.1, 0.15) is 11.6 Å². The predicted octanol–water partition coefficient (Wildman–Crippen LogP) is 2.73. The van der Waals surface area contributed by atoms with Gasteiger partial charge >= 0.3 is 0 Å². The molecule has 0 fully saturated rings. The SMILES string of the molecule is CN=C(NCCc1cccc(F)c1)NCc1nc(-c2ccco2)n[nH]1.I. The maximum Gasteiger partial charge on any atom is 0.216 e. The summed E-state index contributed by atoms with van der Waals surface area (Å²) in [5.74, 6) is 2.19. The van der Waals surface area contributed by atoms with Gasteiger partial charge in [0, 0.05) is 13.6 Å². The van der Waals surface area contributed by atoms with E-state index in [0.29, 0.717) is 42.9 Å². The van der Waals surface area contributed by atoms with Crippen LogP contribution in [0.2, 0.25) is 0 Å². The van der Waals surface area contributed by atoms with Crippen molar-refractivity contribution < 1.29 is 8.81 Å². The van der Waals surface area contributed by atoms with Gasteiger partial charge in [-0.2, -0.15) is 0 Å². The molecule has 0 bridgehead atoms. The maximum absolute atomic E-state index is 13.2. The van der Waals surface area contributed by atoms with Crippen LogP contribution in [-0.4, -0.2) is 34.7 Å². The highest BCUT2D eigenvalue weighted by atomic mass is 127. The van der Waals surface area contributed by atoms with Gasteiger partial charge in [-0.05, 0) is 36.2 Å². The Bertz CT molecular complexity index is 833. The number of halogens is 2. The van der Waals surface area contributed by atoms with E-state index in [0.717, 1.165) is 5.56 Å². The molecule has 0 atom stereocenters. The van der Waals surface area contributed by atoms with Crippen LogP contribution >= 0.6 is 24.0 Å². The van der Waals surface area contributed by atoms with Gasteiger partial charge in [-0.3, -0.25) is 10.1 Å². The van der Waals surface area contributed by atoms with E-state index in [2.05, 4.69) is 30.8 Å². The first-order chi connectivity index (χ1) is 12.2. The lowest BCUT2D eigenvalue weighted by molar-refractivity contribution is 0.577. The number of benzene rings is 1. The Kier molecular flexibility index (Phi) is 7.57. The fourth-order valence-electron chi connectivity index (χ4n) is 2.30. The molecule has 1 aromatic carbocycles. The molecule has 0 spiro atoms. The van der Waals surface area contributed by atoms with Gasteiger partial charge in [0.15, 0.2) is 11.7 Å². The van der Waals surface area contributed by atoms with Crippen LogP contribution in [0.25, 0.3) is 11.6 Å². The fraction of sp³-hybridized carbons (Fsp3) is 0.235. The lowest BCUT2D eigenvalue weighted by Crippen LogP contribution is -2.38. The number of nitrogens with zero attached hydrogens (tertiary/aromatic N) is 3. The van der Waals surface area contributed by atoms with E-state index in [1.807, 2.05) is 6.07 Å². The highest BCUT2D eigenvalue weighted by Gasteiger charge is 2.08. The molecule has 0 unspecified atom stereocenters. The molecule has 9 heteroatoms. The average molecular weight is 470 g/mol. The van der Waals surface area contributed by atoms with E-state index in [4.69, 9.17) is 4.42 Å². The second kappa shape index (κ2) is 9.90. The minimum atomic E-state index is -0.224. The van der Waals surface area contributed by atoms with Gasteiger partial charge in [0.25, 0.3) is 0 Å². The van der Waals surface area contributed by atoms with Gasteiger partial charge in [0.2, 0.25) is 5.82 Å². The summed E-state index contributed by atoms with van der Waals surface area (Å²) >= 11 is 0. The summed E-state index contributed by atoms with van der Waals surface area (Å²) in [7, 11) is 1.69. The number of rotatable bonds is 6. The van der Waals surface area contributed by atoms with Crippen molar-refractivity contribution in [2.45, 2.75) is 13.0 Å². The average Bonchev–Trinajstić information content (AvgIpc) is 3.29. The van der Waals surface area contributed by atoms with Gasteiger partial charge in [0.05, 0.1) is 12.8 Å². The Hall–Kier alpha value is -2.43. The third-order valence-electron chi connectivity index (χ3n) is 3.52. The van der Waals surface area contributed by atoms with Crippen LogP contribution in [0, 0.1) is 5.82 Å². The van der Waals surface area contributed by atoms with Crippen molar-refractivity contribution in [3.05, 3.63) is 59.9 Å². The van der Waals surface area contributed by atoms with Crippen molar-refractivity contribution in [3.8, 4) is 11.6 Å². The molecule has 2 aromatic heterocycles. The minimum Gasteiger partial charge on any atom is -0.461 e. The lowest BCUT2D eigenvalue weighted by Gasteiger charge is -2.10. The first-order valence-electron chi connectivity index (χ1n) is 7.88. The largest absolute Gasteiger partial charge is 0.461 e. The van der Waals surface area contributed by atoms with E-state index >= 15 is 0 Å². The molecule has 0 saturated carbocycles. The van der Waals surface area contributed by atoms with Gasteiger partial charge < -0.3 is 15.1 Å². The molecule has 3 aromatic rings. The van der Waals surface area contributed by atoms with Crippen molar-refractivity contribution in [1.29, 1.82) is 0 Å². The molecule has 2 heterocycles. The first-order valence-corrected chi connectivity index (χ1v) is 7.88. The minimum absolute atomic E-state index is 0.